The lowest BCUT2D eigenvalue weighted by molar-refractivity contribution is 0.102. The standard InChI is InChI=1S/C22H21N5O2S/c1-14(2)15-4-6-16(7-5-15)19-13-30-22(24-19)25-21(29)17-8-9-20(28)27(11-17)18-10-23-26(3)12-18/h4-14H,1-3H3,(H,24,25,29). The van der Waals surface area contributed by atoms with Crippen LogP contribution in [0.3, 0.4) is 0 Å². The Hall–Kier alpha value is -3.52. The number of thiazole rings is 1. The van der Waals surface area contributed by atoms with E-state index in [0.29, 0.717) is 22.3 Å². The fraction of sp³-hybridized carbons (Fsp3) is 0.182. The van der Waals surface area contributed by atoms with E-state index in [-0.39, 0.29) is 11.5 Å². The Bertz CT molecular complexity index is 1250. The molecule has 0 atom stereocenters. The minimum absolute atomic E-state index is 0.235. The van der Waals surface area contributed by atoms with Gasteiger partial charge < -0.3 is 0 Å². The van der Waals surface area contributed by atoms with Crippen molar-refractivity contribution < 1.29 is 4.79 Å². The topological polar surface area (TPSA) is 81.8 Å². The molecule has 1 amide bonds. The lowest BCUT2D eigenvalue weighted by Gasteiger charge is -2.06. The summed E-state index contributed by atoms with van der Waals surface area (Å²) in [6.45, 7) is 4.31. The van der Waals surface area contributed by atoms with Gasteiger partial charge >= 0.3 is 0 Å². The van der Waals surface area contributed by atoms with Crippen LogP contribution in [0.2, 0.25) is 0 Å². The van der Waals surface area contributed by atoms with Crippen molar-refractivity contribution in [3.8, 4) is 16.9 Å². The lowest BCUT2D eigenvalue weighted by Crippen LogP contribution is -2.20. The third kappa shape index (κ3) is 4.08. The van der Waals surface area contributed by atoms with Crippen molar-refractivity contribution in [2.75, 3.05) is 5.32 Å². The van der Waals surface area contributed by atoms with Crippen LogP contribution in [-0.4, -0.2) is 25.2 Å². The number of hydrogen-bond donors (Lipinski definition) is 1. The van der Waals surface area contributed by atoms with Gasteiger partial charge in [-0.15, -0.1) is 11.3 Å². The number of anilines is 1. The molecule has 3 heterocycles. The van der Waals surface area contributed by atoms with Gasteiger partial charge in [0.25, 0.3) is 11.5 Å². The fourth-order valence-corrected chi connectivity index (χ4v) is 3.74. The van der Waals surface area contributed by atoms with Crippen LogP contribution in [-0.2, 0) is 7.05 Å². The quantitative estimate of drug-likeness (QED) is 0.529. The molecule has 1 aromatic carbocycles. The van der Waals surface area contributed by atoms with Gasteiger partial charge in [0.05, 0.1) is 23.1 Å². The molecule has 0 unspecified atom stereocenters. The first-order valence-corrected chi connectivity index (χ1v) is 10.4. The third-order valence-corrected chi connectivity index (χ3v) is 5.50. The van der Waals surface area contributed by atoms with Crippen LogP contribution in [0.15, 0.2) is 65.2 Å². The Labute approximate surface area is 177 Å². The summed E-state index contributed by atoms with van der Waals surface area (Å²) in [6.07, 6.45) is 4.79. The molecule has 4 aromatic rings. The van der Waals surface area contributed by atoms with Crippen molar-refractivity contribution >= 4 is 22.4 Å². The van der Waals surface area contributed by atoms with E-state index < -0.39 is 0 Å². The van der Waals surface area contributed by atoms with Gasteiger partial charge in [-0.1, -0.05) is 38.1 Å². The average Bonchev–Trinajstić information content (AvgIpc) is 3.37. The molecule has 152 valence electrons. The van der Waals surface area contributed by atoms with Crippen LogP contribution in [0.25, 0.3) is 16.9 Å². The van der Waals surface area contributed by atoms with Gasteiger partial charge in [-0.05, 0) is 17.5 Å². The highest BCUT2D eigenvalue weighted by Crippen LogP contribution is 2.26. The van der Waals surface area contributed by atoms with Gasteiger partial charge in [-0.3, -0.25) is 24.2 Å². The van der Waals surface area contributed by atoms with Crippen molar-refractivity contribution in [1.29, 1.82) is 0 Å². The molecule has 3 aromatic heterocycles. The summed E-state index contributed by atoms with van der Waals surface area (Å²) in [4.78, 5) is 29.4. The summed E-state index contributed by atoms with van der Waals surface area (Å²) >= 11 is 1.36. The maximum absolute atomic E-state index is 12.7. The van der Waals surface area contributed by atoms with Crippen molar-refractivity contribution in [3.63, 3.8) is 0 Å². The van der Waals surface area contributed by atoms with Crippen LogP contribution in [0.4, 0.5) is 5.13 Å². The monoisotopic (exact) mass is 419 g/mol. The van der Waals surface area contributed by atoms with Crippen molar-refractivity contribution in [2.45, 2.75) is 19.8 Å². The van der Waals surface area contributed by atoms with Gasteiger partial charge in [0, 0.05) is 36.5 Å². The molecule has 4 rings (SSSR count). The number of hydrogen-bond acceptors (Lipinski definition) is 5. The maximum atomic E-state index is 12.7. The number of aromatic nitrogens is 4. The smallest absolute Gasteiger partial charge is 0.258 e. The van der Waals surface area contributed by atoms with Crippen molar-refractivity contribution in [1.82, 2.24) is 19.3 Å². The summed E-state index contributed by atoms with van der Waals surface area (Å²) in [5.41, 5.74) is 3.80. The second kappa shape index (κ2) is 8.08. The summed E-state index contributed by atoms with van der Waals surface area (Å²) in [5, 5.41) is 9.30. The van der Waals surface area contributed by atoms with Crippen LogP contribution in [0.1, 0.15) is 35.7 Å². The molecule has 0 aliphatic rings. The molecule has 0 radical (unpaired) electrons. The second-order valence-corrected chi connectivity index (χ2v) is 8.13. The van der Waals surface area contributed by atoms with E-state index in [1.54, 1.807) is 24.1 Å². The Balaban J connectivity index is 1.53. The molecule has 0 spiro atoms. The molecule has 0 bridgehead atoms. The molecule has 0 aliphatic heterocycles. The Morgan fingerprint density at radius 3 is 2.53 bits per heavy atom. The van der Waals surface area contributed by atoms with Crippen LogP contribution >= 0.6 is 11.3 Å². The number of aryl methyl sites for hydroxylation is 1. The van der Waals surface area contributed by atoms with E-state index in [2.05, 4.69) is 41.4 Å². The van der Waals surface area contributed by atoms with E-state index in [1.165, 1.54) is 39.8 Å². The number of rotatable bonds is 5. The third-order valence-electron chi connectivity index (χ3n) is 4.74. The van der Waals surface area contributed by atoms with E-state index in [1.807, 2.05) is 17.5 Å². The number of carbonyl (C=O) groups is 1. The van der Waals surface area contributed by atoms with Crippen LogP contribution in [0.5, 0.6) is 0 Å². The summed E-state index contributed by atoms with van der Waals surface area (Å²) in [7, 11) is 1.77. The first kappa shape index (κ1) is 19.8. The fourth-order valence-electron chi connectivity index (χ4n) is 3.03. The first-order chi connectivity index (χ1) is 14.4. The van der Waals surface area contributed by atoms with Crippen molar-refractivity contribution in [3.05, 3.63) is 81.8 Å². The van der Waals surface area contributed by atoms with E-state index in [4.69, 9.17) is 0 Å². The average molecular weight is 420 g/mol. The second-order valence-electron chi connectivity index (χ2n) is 7.27. The predicted molar refractivity (Wildman–Crippen MR) is 118 cm³/mol. The largest absolute Gasteiger partial charge is 0.298 e. The van der Waals surface area contributed by atoms with Crippen LogP contribution in [0, 0.1) is 0 Å². The highest BCUT2D eigenvalue weighted by Gasteiger charge is 2.13. The molecule has 0 fully saturated rings. The number of amides is 1. The van der Waals surface area contributed by atoms with Crippen LogP contribution < -0.4 is 10.9 Å². The van der Waals surface area contributed by atoms with E-state index in [9.17, 15) is 9.59 Å². The van der Waals surface area contributed by atoms with Crippen molar-refractivity contribution in [2.24, 2.45) is 7.05 Å². The summed E-state index contributed by atoms with van der Waals surface area (Å²) in [6, 6.07) is 11.1. The number of benzene rings is 1. The molecule has 0 saturated heterocycles. The first-order valence-electron chi connectivity index (χ1n) is 9.49. The zero-order valence-corrected chi connectivity index (χ0v) is 17.7. The SMILES string of the molecule is CC(C)c1ccc(-c2csc(NC(=O)c3ccc(=O)n(-c4cnn(C)c4)c3)n2)cc1. The van der Waals surface area contributed by atoms with E-state index >= 15 is 0 Å². The number of nitrogens with zero attached hydrogens (tertiary/aromatic N) is 4. The molecular weight excluding hydrogens is 398 g/mol. The molecule has 7 nitrogen and oxygen atoms in total. The molecule has 1 N–H and O–H groups in total. The normalized spacial score (nSPS) is 11.1. The zero-order valence-electron chi connectivity index (χ0n) is 16.9. The maximum Gasteiger partial charge on any atom is 0.258 e. The Morgan fingerprint density at radius 1 is 1.10 bits per heavy atom. The van der Waals surface area contributed by atoms with Gasteiger partial charge in [-0.2, -0.15) is 5.10 Å². The number of carbonyl (C=O) groups excluding carboxylic acids is 1. The van der Waals surface area contributed by atoms with Gasteiger partial charge in [0.1, 0.15) is 0 Å². The number of nitrogens with one attached hydrogen (secondary N) is 1. The molecule has 30 heavy (non-hydrogen) atoms. The number of pyridine rings is 1. The highest BCUT2D eigenvalue weighted by molar-refractivity contribution is 7.14. The highest BCUT2D eigenvalue weighted by atomic mass is 32.1. The Morgan fingerprint density at radius 2 is 1.87 bits per heavy atom. The zero-order chi connectivity index (χ0) is 21.3. The van der Waals surface area contributed by atoms with Gasteiger partial charge in [0.2, 0.25) is 0 Å². The van der Waals surface area contributed by atoms with Gasteiger partial charge in [0.15, 0.2) is 5.13 Å². The Kier molecular flexibility index (Phi) is 5.33. The molecule has 0 saturated carbocycles. The minimum Gasteiger partial charge on any atom is -0.298 e. The lowest BCUT2D eigenvalue weighted by atomic mass is 10.0. The molecule has 0 aliphatic carbocycles. The molecular formula is C22H21N5O2S. The molecule has 8 heteroatoms. The van der Waals surface area contributed by atoms with Gasteiger partial charge in [-0.25, -0.2) is 4.98 Å². The van der Waals surface area contributed by atoms with E-state index in [0.717, 1.165) is 11.3 Å². The summed E-state index contributed by atoms with van der Waals surface area (Å²) in [5.74, 6) is 0.142. The minimum atomic E-state index is -0.330. The predicted octanol–water partition coefficient (Wildman–Crippen LogP) is 4.07. The summed E-state index contributed by atoms with van der Waals surface area (Å²) < 4.78 is 2.99.